The largest absolute Gasteiger partial charge is 0.398 e. The number of aromatic nitrogens is 1. The molecule has 2 aromatic carbocycles. The molecule has 0 radical (unpaired) electrons. The molecule has 4 rings (SSSR count). The van der Waals surface area contributed by atoms with Crippen molar-refractivity contribution in [3.63, 3.8) is 0 Å². The highest BCUT2D eigenvalue weighted by Crippen LogP contribution is 2.41. The van der Waals surface area contributed by atoms with Crippen molar-refractivity contribution < 1.29 is 39.0 Å². The summed E-state index contributed by atoms with van der Waals surface area (Å²) in [4.78, 5) is 2.93. The fourth-order valence-electron chi connectivity index (χ4n) is 4.11. The first-order chi connectivity index (χ1) is 16.6. The highest BCUT2D eigenvalue weighted by atomic mass is 32.3. The van der Waals surface area contributed by atoms with Crippen LogP contribution in [0.25, 0.3) is 5.57 Å². The van der Waals surface area contributed by atoms with Crippen LogP contribution in [0.5, 0.6) is 0 Å². The van der Waals surface area contributed by atoms with Gasteiger partial charge in [-0.05, 0) is 28.3 Å². The molecule has 0 unspecified atom stereocenters. The van der Waals surface area contributed by atoms with Gasteiger partial charge in [0.2, 0.25) is 0 Å². The maximum atomic E-state index is 11.9. The lowest BCUT2D eigenvalue weighted by Gasteiger charge is -2.40. The van der Waals surface area contributed by atoms with Gasteiger partial charge in [-0.15, -0.1) is 0 Å². The molecule has 3 N–H and O–H groups in total. The Morgan fingerprint density at radius 3 is 2.00 bits per heavy atom. The Balaban J connectivity index is 1.86. The maximum absolute atomic E-state index is 11.9. The van der Waals surface area contributed by atoms with Gasteiger partial charge in [0.05, 0.1) is 12.7 Å². The number of rotatable bonds is 9. The van der Waals surface area contributed by atoms with E-state index in [4.69, 9.17) is 13.1 Å². The van der Waals surface area contributed by atoms with Crippen molar-refractivity contribution in [1.82, 2.24) is 4.98 Å². The molecule has 10 nitrogen and oxygen atoms in total. The lowest BCUT2D eigenvalue weighted by molar-refractivity contribution is -0.0755. The molecule has 0 fully saturated rings. The third-order valence-electron chi connectivity index (χ3n) is 5.50. The standard InChI is InChI=1S/C23H23NO9S2/c25-34(26,27)32-22-19(17-9-5-2-6-10-17)13-20(18-11-12-24-14-18)21(23(22)33-35(28,29)30)31-15-16-7-3-1-4-8-16/h1-14,20-24H,15H2,(H,25,26,27)(H,28,29,30)/t20-,21-,22-,23+/m1/s1. The summed E-state index contributed by atoms with van der Waals surface area (Å²) in [6.45, 7) is 0.0187. The first-order valence-corrected chi connectivity index (χ1v) is 13.2. The summed E-state index contributed by atoms with van der Waals surface area (Å²) in [5.41, 5.74) is 2.16. The van der Waals surface area contributed by atoms with Crippen LogP contribution in [0.3, 0.4) is 0 Å². The Bertz CT molecular complexity index is 1360. The van der Waals surface area contributed by atoms with E-state index in [2.05, 4.69) is 4.98 Å². The molecule has 3 aromatic rings. The minimum Gasteiger partial charge on any atom is -0.370 e. The number of ether oxygens (including phenoxy) is 1. The smallest absolute Gasteiger partial charge is 0.370 e. The summed E-state index contributed by atoms with van der Waals surface area (Å²) < 4.78 is 82.3. The summed E-state index contributed by atoms with van der Waals surface area (Å²) in [5, 5.41) is 0. The van der Waals surface area contributed by atoms with Gasteiger partial charge in [0.25, 0.3) is 0 Å². The van der Waals surface area contributed by atoms with E-state index < -0.39 is 45.0 Å². The van der Waals surface area contributed by atoms with Crippen LogP contribution in [0, 0.1) is 0 Å². The van der Waals surface area contributed by atoms with Crippen LogP contribution in [-0.2, 0) is 40.5 Å². The zero-order chi connectivity index (χ0) is 25.1. The summed E-state index contributed by atoms with van der Waals surface area (Å²) >= 11 is 0. The molecule has 0 aliphatic heterocycles. The van der Waals surface area contributed by atoms with Gasteiger partial charge in [0.1, 0.15) is 12.2 Å². The summed E-state index contributed by atoms with van der Waals surface area (Å²) in [6.07, 6.45) is 0.525. The van der Waals surface area contributed by atoms with E-state index in [1.54, 1.807) is 79.1 Å². The molecule has 0 spiro atoms. The molecule has 12 heteroatoms. The number of benzene rings is 2. The van der Waals surface area contributed by atoms with E-state index in [1.807, 2.05) is 6.07 Å². The molecular formula is C23H23NO9S2. The number of H-pyrrole nitrogens is 1. The van der Waals surface area contributed by atoms with E-state index in [0.717, 1.165) is 5.56 Å². The molecule has 1 heterocycles. The highest BCUT2D eigenvalue weighted by Gasteiger charge is 2.47. The molecule has 1 aliphatic carbocycles. The Morgan fingerprint density at radius 2 is 1.43 bits per heavy atom. The Labute approximate surface area is 203 Å². The molecule has 0 bridgehead atoms. The Hall–Kier alpha value is -2.84. The molecule has 1 aromatic heterocycles. The van der Waals surface area contributed by atoms with Crippen molar-refractivity contribution in [1.29, 1.82) is 0 Å². The summed E-state index contributed by atoms with van der Waals surface area (Å²) in [7, 11) is -10.2. The summed E-state index contributed by atoms with van der Waals surface area (Å²) in [6, 6.07) is 19.2. The second-order valence-corrected chi connectivity index (χ2v) is 9.95. The van der Waals surface area contributed by atoms with Crippen LogP contribution >= 0.6 is 0 Å². The molecule has 35 heavy (non-hydrogen) atoms. The van der Waals surface area contributed by atoms with Crippen LogP contribution in [0.15, 0.2) is 85.2 Å². The zero-order valence-electron chi connectivity index (χ0n) is 18.2. The van der Waals surface area contributed by atoms with E-state index in [1.165, 1.54) is 0 Å². The first-order valence-electron chi connectivity index (χ1n) is 10.5. The minimum atomic E-state index is -5.10. The fraction of sp³-hybridized carbons (Fsp3) is 0.217. The van der Waals surface area contributed by atoms with E-state index in [9.17, 15) is 25.9 Å². The van der Waals surface area contributed by atoms with Gasteiger partial charge in [-0.25, -0.2) is 8.37 Å². The lowest BCUT2D eigenvalue weighted by Crippen LogP contribution is -2.50. The third kappa shape index (κ3) is 6.64. The topological polar surface area (TPSA) is 152 Å². The fourth-order valence-corrected chi connectivity index (χ4v) is 5.07. The van der Waals surface area contributed by atoms with Gasteiger partial charge >= 0.3 is 20.8 Å². The van der Waals surface area contributed by atoms with Gasteiger partial charge in [0, 0.05) is 18.3 Å². The van der Waals surface area contributed by atoms with Crippen LogP contribution < -0.4 is 0 Å². The molecule has 0 amide bonds. The van der Waals surface area contributed by atoms with Gasteiger partial charge in [-0.3, -0.25) is 9.11 Å². The van der Waals surface area contributed by atoms with Crippen molar-refractivity contribution in [2.75, 3.05) is 0 Å². The molecule has 1 aliphatic rings. The third-order valence-corrected chi connectivity index (χ3v) is 6.42. The summed E-state index contributed by atoms with van der Waals surface area (Å²) in [5.74, 6) is -0.645. The number of nitrogens with one attached hydrogen (secondary N) is 1. The molecule has 4 atom stereocenters. The van der Waals surface area contributed by atoms with Crippen LogP contribution in [0.4, 0.5) is 0 Å². The van der Waals surface area contributed by atoms with Crippen LogP contribution in [-0.4, -0.2) is 49.2 Å². The van der Waals surface area contributed by atoms with Crippen molar-refractivity contribution in [3.05, 3.63) is 102 Å². The second kappa shape index (κ2) is 10.4. The normalized spacial score (nSPS) is 23.1. The predicted molar refractivity (Wildman–Crippen MR) is 126 cm³/mol. The van der Waals surface area contributed by atoms with Gasteiger partial charge in [0.15, 0.2) is 0 Å². The first kappa shape index (κ1) is 25.3. The van der Waals surface area contributed by atoms with E-state index in [0.29, 0.717) is 11.1 Å². The second-order valence-electron chi connectivity index (χ2n) is 7.85. The van der Waals surface area contributed by atoms with Gasteiger partial charge in [-0.1, -0.05) is 66.7 Å². The number of hydrogen-bond acceptors (Lipinski definition) is 7. The predicted octanol–water partition coefficient (Wildman–Crippen LogP) is 3.16. The molecule has 0 saturated carbocycles. The van der Waals surface area contributed by atoms with Crippen molar-refractivity contribution in [2.45, 2.75) is 30.8 Å². The minimum absolute atomic E-state index is 0.0187. The van der Waals surface area contributed by atoms with Crippen molar-refractivity contribution >= 4 is 26.4 Å². The molecule has 186 valence electrons. The molecule has 0 saturated heterocycles. The highest BCUT2D eigenvalue weighted by molar-refractivity contribution is 7.81. The van der Waals surface area contributed by atoms with Crippen molar-refractivity contribution in [3.8, 4) is 0 Å². The number of hydrogen-bond donors (Lipinski definition) is 3. The van der Waals surface area contributed by atoms with Gasteiger partial charge in [-0.2, -0.15) is 16.8 Å². The van der Waals surface area contributed by atoms with Crippen LogP contribution in [0.1, 0.15) is 22.6 Å². The van der Waals surface area contributed by atoms with Crippen molar-refractivity contribution in [2.24, 2.45) is 0 Å². The maximum Gasteiger partial charge on any atom is 0.398 e. The monoisotopic (exact) mass is 521 g/mol. The molecular weight excluding hydrogens is 498 g/mol. The Kier molecular flexibility index (Phi) is 7.52. The van der Waals surface area contributed by atoms with Gasteiger partial charge < -0.3 is 9.72 Å². The van der Waals surface area contributed by atoms with E-state index in [-0.39, 0.29) is 12.2 Å². The SMILES string of the molecule is O=S(=O)(O)O[C@H]1[C@H](OCc2ccccc2)[C@@H](c2cc[nH]c2)C=C(c2ccccc2)[C@H]1OS(=O)(=O)O. The van der Waals surface area contributed by atoms with Crippen LogP contribution in [0.2, 0.25) is 0 Å². The Morgan fingerprint density at radius 1 is 0.800 bits per heavy atom. The average molecular weight is 522 g/mol. The quantitative estimate of drug-likeness (QED) is 0.361. The number of aromatic amines is 1. The zero-order valence-corrected chi connectivity index (χ0v) is 19.8. The lowest BCUT2D eigenvalue weighted by atomic mass is 9.78. The van der Waals surface area contributed by atoms with E-state index >= 15 is 0 Å². The average Bonchev–Trinajstić information content (AvgIpc) is 3.33.